The van der Waals surface area contributed by atoms with Crippen molar-refractivity contribution < 1.29 is 4.74 Å². The molecule has 1 aromatic rings. The largest absolute Gasteiger partial charge is 0.378 e. The van der Waals surface area contributed by atoms with Gasteiger partial charge in [-0.1, -0.05) is 37.6 Å². The number of ether oxygens (including phenoxy) is 1. The lowest BCUT2D eigenvalue weighted by atomic mass is 9.79. The van der Waals surface area contributed by atoms with E-state index < -0.39 is 0 Å². The van der Waals surface area contributed by atoms with Gasteiger partial charge in [-0.25, -0.2) is 0 Å². The number of rotatable bonds is 5. The molecule has 20 heavy (non-hydrogen) atoms. The summed E-state index contributed by atoms with van der Waals surface area (Å²) in [4.78, 5) is 0. The molecule has 3 atom stereocenters. The lowest BCUT2D eigenvalue weighted by Crippen LogP contribution is -2.29. The first-order valence-corrected chi connectivity index (χ1v) is 8.22. The molecule has 0 amide bonds. The predicted molar refractivity (Wildman–Crippen MR) is 83.0 cm³/mol. The summed E-state index contributed by atoms with van der Waals surface area (Å²) in [6, 6.07) is 9.74. The molecule has 2 heteroatoms. The van der Waals surface area contributed by atoms with Crippen LogP contribution in [0.1, 0.15) is 62.6 Å². The highest BCUT2D eigenvalue weighted by molar-refractivity contribution is 5.30. The summed E-state index contributed by atoms with van der Waals surface area (Å²) in [5.74, 6) is 1.43. The van der Waals surface area contributed by atoms with Crippen LogP contribution < -0.4 is 5.32 Å². The number of benzene rings is 1. The minimum atomic E-state index is 0.413. The summed E-state index contributed by atoms with van der Waals surface area (Å²) < 4.78 is 5.78. The van der Waals surface area contributed by atoms with Gasteiger partial charge in [0.15, 0.2) is 0 Å². The summed E-state index contributed by atoms with van der Waals surface area (Å²) in [5.41, 5.74) is 3.00. The minimum Gasteiger partial charge on any atom is -0.378 e. The molecular weight excluding hydrogens is 246 g/mol. The minimum absolute atomic E-state index is 0.413. The molecule has 0 aromatic heterocycles. The zero-order valence-electron chi connectivity index (χ0n) is 12.8. The van der Waals surface area contributed by atoms with Gasteiger partial charge in [0.05, 0.1) is 12.7 Å². The fourth-order valence-electron chi connectivity index (χ4n) is 3.61. The fourth-order valence-corrected chi connectivity index (χ4v) is 3.61. The van der Waals surface area contributed by atoms with E-state index in [1.807, 2.05) is 0 Å². The molecule has 0 bridgehead atoms. The summed E-state index contributed by atoms with van der Waals surface area (Å²) in [6.45, 7) is 6.30. The molecule has 0 radical (unpaired) electrons. The molecule has 2 nitrogen and oxygen atoms in total. The van der Waals surface area contributed by atoms with Gasteiger partial charge >= 0.3 is 0 Å². The van der Waals surface area contributed by atoms with Crippen LogP contribution >= 0.6 is 0 Å². The third kappa shape index (κ3) is 2.91. The normalized spacial score (nSPS) is 28.3. The maximum absolute atomic E-state index is 5.78. The lowest BCUT2D eigenvalue weighted by Gasteiger charge is -2.28. The van der Waals surface area contributed by atoms with Crippen molar-refractivity contribution in [2.24, 2.45) is 5.92 Å². The molecule has 1 N–H and O–H groups in total. The van der Waals surface area contributed by atoms with E-state index in [4.69, 9.17) is 4.74 Å². The molecule has 0 spiro atoms. The maximum atomic E-state index is 5.78. The maximum Gasteiger partial charge on any atom is 0.0551 e. The Morgan fingerprint density at radius 3 is 2.80 bits per heavy atom. The molecule has 1 aliphatic heterocycles. The van der Waals surface area contributed by atoms with Crippen molar-refractivity contribution in [3.05, 3.63) is 35.4 Å². The molecule has 1 saturated heterocycles. The van der Waals surface area contributed by atoms with Crippen LogP contribution in [0.4, 0.5) is 0 Å². The predicted octanol–water partition coefficient (Wildman–Crippen LogP) is 4.03. The van der Waals surface area contributed by atoms with Crippen LogP contribution in [-0.2, 0) is 4.74 Å². The average Bonchev–Trinajstić information content (AvgIpc) is 2.81. The molecule has 1 aliphatic carbocycles. The average molecular weight is 273 g/mol. The summed E-state index contributed by atoms with van der Waals surface area (Å²) in [5, 5.41) is 3.68. The van der Waals surface area contributed by atoms with Gasteiger partial charge in [0.1, 0.15) is 0 Å². The second-order valence-corrected chi connectivity index (χ2v) is 6.47. The number of nitrogens with one attached hydrogen (secondary N) is 1. The third-order valence-electron chi connectivity index (χ3n) is 4.97. The van der Waals surface area contributed by atoms with Crippen LogP contribution in [0.2, 0.25) is 0 Å². The Labute approximate surface area is 122 Å². The summed E-state index contributed by atoms with van der Waals surface area (Å²) >= 11 is 0. The smallest absolute Gasteiger partial charge is 0.0551 e. The van der Waals surface area contributed by atoms with Crippen molar-refractivity contribution in [2.75, 3.05) is 13.2 Å². The first kappa shape index (κ1) is 14.1. The van der Waals surface area contributed by atoms with Gasteiger partial charge in [0, 0.05) is 12.0 Å². The highest BCUT2D eigenvalue weighted by Crippen LogP contribution is 2.38. The van der Waals surface area contributed by atoms with Gasteiger partial charge in [-0.05, 0) is 49.8 Å². The Kier molecular flexibility index (Phi) is 4.42. The Morgan fingerprint density at radius 1 is 1.35 bits per heavy atom. The van der Waals surface area contributed by atoms with Crippen LogP contribution in [0.3, 0.4) is 0 Å². The molecule has 1 heterocycles. The summed E-state index contributed by atoms with van der Waals surface area (Å²) in [6.07, 6.45) is 5.73. The first-order valence-electron chi connectivity index (χ1n) is 8.22. The second kappa shape index (κ2) is 6.28. The van der Waals surface area contributed by atoms with E-state index in [-0.39, 0.29) is 0 Å². The number of hydrogen-bond donors (Lipinski definition) is 1. The van der Waals surface area contributed by atoms with E-state index in [9.17, 15) is 0 Å². The van der Waals surface area contributed by atoms with Crippen LogP contribution in [0, 0.1) is 5.92 Å². The number of hydrogen-bond acceptors (Lipinski definition) is 2. The van der Waals surface area contributed by atoms with Gasteiger partial charge in [-0.2, -0.15) is 0 Å². The standard InChI is InChI=1S/C18H27NO/c1-3-19-18(17-10-13(2)20-12-17)16-9-5-8-15(11-16)14-6-4-7-14/h5,8-9,11,13-14,17-19H,3-4,6-7,10,12H2,1-2H3. The molecular formula is C18H27NO. The van der Waals surface area contributed by atoms with Crippen molar-refractivity contribution in [1.29, 1.82) is 0 Å². The van der Waals surface area contributed by atoms with Gasteiger partial charge in [-0.15, -0.1) is 0 Å². The van der Waals surface area contributed by atoms with Gasteiger partial charge < -0.3 is 10.1 Å². The first-order chi connectivity index (χ1) is 9.78. The second-order valence-electron chi connectivity index (χ2n) is 6.47. The van der Waals surface area contributed by atoms with Gasteiger partial charge in [0.2, 0.25) is 0 Å². The van der Waals surface area contributed by atoms with E-state index in [1.54, 1.807) is 5.56 Å². The Hall–Kier alpha value is -0.860. The zero-order valence-corrected chi connectivity index (χ0v) is 12.8. The van der Waals surface area contributed by atoms with Crippen LogP contribution in [-0.4, -0.2) is 19.3 Å². The Bertz CT molecular complexity index is 441. The lowest BCUT2D eigenvalue weighted by molar-refractivity contribution is 0.117. The highest BCUT2D eigenvalue weighted by Gasteiger charge is 2.30. The highest BCUT2D eigenvalue weighted by atomic mass is 16.5. The quantitative estimate of drug-likeness (QED) is 0.874. The van der Waals surface area contributed by atoms with Crippen molar-refractivity contribution in [3.8, 4) is 0 Å². The monoisotopic (exact) mass is 273 g/mol. The van der Waals surface area contributed by atoms with Gasteiger partial charge in [-0.3, -0.25) is 0 Å². The van der Waals surface area contributed by atoms with Crippen LogP contribution in [0.15, 0.2) is 24.3 Å². The van der Waals surface area contributed by atoms with E-state index in [2.05, 4.69) is 43.4 Å². The Morgan fingerprint density at radius 2 is 2.20 bits per heavy atom. The van der Waals surface area contributed by atoms with Crippen molar-refractivity contribution in [3.63, 3.8) is 0 Å². The molecule has 2 aliphatic rings. The van der Waals surface area contributed by atoms with Crippen molar-refractivity contribution in [2.45, 2.75) is 57.6 Å². The third-order valence-corrected chi connectivity index (χ3v) is 4.97. The zero-order chi connectivity index (χ0) is 13.9. The molecule has 3 unspecified atom stereocenters. The van der Waals surface area contributed by atoms with Crippen molar-refractivity contribution in [1.82, 2.24) is 5.32 Å². The SMILES string of the molecule is CCNC(c1cccc(C2CCC2)c1)C1COC(C)C1. The molecule has 1 saturated carbocycles. The van der Waals surface area contributed by atoms with E-state index in [0.717, 1.165) is 19.1 Å². The topological polar surface area (TPSA) is 21.3 Å². The van der Waals surface area contributed by atoms with E-state index >= 15 is 0 Å². The van der Waals surface area contributed by atoms with Crippen LogP contribution in [0.5, 0.6) is 0 Å². The fraction of sp³-hybridized carbons (Fsp3) is 0.667. The van der Waals surface area contributed by atoms with E-state index in [0.29, 0.717) is 18.1 Å². The molecule has 3 rings (SSSR count). The van der Waals surface area contributed by atoms with Crippen LogP contribution in [0.25, 0.3) is 0 Å². The molecule has 1 aromatic carbocycles. The Balaban J connectivity index is 1.79. The van der Waals surface area contributed by atoms with E-state index in [1.165, 1.54) is 31.2 Å². The molecule has 110 valence electrons. The van der Waals surface area contributed by atoms with Crippen molar-refractivity contribution >= 4 is 0 Å². The molecule has 2 fully saturated rings. The summed E-state index contributed by atoms with van der Waals surface area (Å²) in [7, 11) is 0. The van der Waals surface area contributed by atoms with Gasteiger partial charge in [0.25, 0.3) is 0 Å².